The number of hydrogen-bond acceptors (Lipinski definition) is 6. The number of nitrogens with zero attached hydrogens (tertiary/aromatic N) is 2. The number of amides is 1. The Morgan fingerprint density at radius 1 is 1.50 bits per heavy atom. The maximum absolute atomic E-state index is 12.0. The van der Waals surface area contributed by atoms with Crippen molar-refractivity contribution in [3.8, 4) is 0 Å². The number of pyridine rings is 1. The van der Waals surface area contributed by atoms with Crippen LogP contribution < -0.4 is 16.6 Å². The molecular weight excluding hydrogens is 282 g/mol. The van der Waals surface area contributed by atoms with E-state index >= 15 is 0 Å². The highest BCUT2D eigenvalue weighted by atomic mass is 35.5. The Morgan fingerprint density at radius 3 is 2.95 bits per heavy atom. The summed E-state index contributed by atoms with van der Waals surface area (Å²) in [5.41, 5.74) is 2.44. The number of nitrogens with two attached hydrogens (primary N) is 1. The van der Waals surface area contributed by atoms with Crippen LogP contribution in [0, 0.1) is 0 Å². The summed E-state index contributed by atoms with van der Waals surface area (Å²) >= 11 is 5.93. The minimum Gasteiger partial charge on any atom is -0.444 e. The van der Waals surface area contributed by atoms with E-state index < -0.39 is 5.91 Å². The molecule has 7 nitrogen and oxygen atoms in total. The Hall–Kier alpha value is -2.12. The fraction of sp³-hybridized carbons (Fsp3) is 0.250. The van der Waals surface area contributed by atoms with Crippen molar-refractivity contribution in [2.75, 3.05) is 5.43 Å². The maximum Gasteiger partial charge on any atom is 0.271 e. The highest BCUT2D eigenvalue weighted by Crippen LogP contribution is 2.16. The van der Waals surface area contributed by atoms with Gasteiger partial charge in [0, 0.05) is 6.42 Å². The van der Waals surface area contributed by atoms with Gasteiger partial charge in [-0.05, 0) is 12.1 Å². The first-order valence-electron chi connectivity index (χ1n) is 5.99. The number of rotatable bonds is 5. The Kier molecular flexibility index (Phi) is 4.54. The molecule has 8 heteroatoms. The first kappa shape index (κ1) is 14.3. The molecule has 0 radical (unpaired) electrons. The van der Waals surface area contributed by atoms with E-state index in [0.717, 1.165) is 12.2 Å². The predicted molar refractivity (Wildman–Crippen MR) is 74.1 cm³/mol. The van der Waals surface area contributed by atoms with E-state index in [1.165, 1.54) is 0 Å². The van der Waals surface area contributed by atoms with Crippen LogP contribution in [0.1, 0.15) is 29.1 Å². The molecule has 0 fully saturated rings. The van der Waals surface area contributed by atoms with E-state index in [4.69, 9.17) is 21.9 Å². The monoisotopic (exact) mass is 295 g/mol. The number of aryl methyl sites for hydroxylation is 1. The minimum absolute atomic E-state index is 0.0874. The van der Waals surface area contributed by atoms with Gasteiger partial charge in [0.05, 0.1) is 17.8 Å². The van der Waals surface area contributed by atoms with Crippen LogP contribution in [0.5, 0.6) is 0 Å². The second-order valence-corrected chi connectivity index (χ2v) is 4.34. The lowest BCUT2D eigenvalue weighted by atomic mass is 10.3. The molecule has 0 aromatic carbocycles. The zero-order chi connectivity index (χ0) is 14.5. The molecule has 2 aromatic rings. The molecule has 2 rings (SSSR count). The molecule has 0 saturated carbocycles. The molecule has 0 saturated heterocycles. The summed E-state index contributed by atoms with van der Waals surface area (Å²) in [4.78, 5) is 20.0. The Morgan fingerprint density at radius 2 is 2.30 bits per heavy atom. The zero-order valence-electron chi connectivity index (χ0n) is 10.8. The van der Waals surface area contributed by atoms with Crippen molar-refractivity contribution in [2.24, 2.45) is 5.84 Å². The van der Waals surface area contributed by atoms with Gasteiger partial charge in [-0.25, -0.2) is 15.8 Å². The van der Waals surface area contributed by atoms with Gasteiger partial charge in [-0.1, -0.05) is 18.5 Å². The van der Waals surface area contributed by atoms with Crippen LogP contribution in [0.4, 0.5) is 5.82 Å². The molecule has 0 aliphatic rings. The largest absolute Gasteiger partial charge is 0.444 e. The van der Waals surface area contributed by atoms with Crippen molar-refractivity contribution < 1.29 is 9.21 Å². The van der Waals surface area contributed by atoms with E-state index in [0.29, 0.717) is 11.7 Å². The van der Waals surface area contributed by atoms with Gasteiger partial charge in [0.25, 0.3) is 5.91 Å². The van der Waals surface area contributed by atoms with Crippen molar-refractivity contribution in [1.29, 1.82) is 0 Å². The fourth-order valence-electron chi connectivity index (χ4n) is 1.51. The molecule has 106 valence electrons. The van der Waals surface area contributed by atoms with Gasteiger partial charge in [0.15, 0.2) is 0 Å². The summed E-state index contributed by atoms with van der Waals surface area (Å²) < 4.78 is 5.38. The lowest BCUT2D eigenvalue weighted by molar-refractivity contribution is 0.0942. The third-order valence-corrected chi connectivity index (χ3v) is 2.86. The summed E-state index contributed by atoms with van der Waals surface area (Å²) in [6.07, 6.45) is 2.38. The number of carbonyl (C=O) groups excluding carboxylic acids is 1. The number of carbonyl (C=O) groups is 1. The SMILES string of the molecule is CCc1cnc(CNC(=O)c2nc(NN)ccc2Cl)o1. The van der Waals surface area contributed by atoms with Gasteiger partial charge in [0.1, 0.15) is 17.3 Å². The van der Waals surface area contributed by atoms with E-state index in [-0.39, 0.29) is 17.3 Å². The molecule has 2 aromatic heterocycles. The van der Waals surface area contributed by atoms with E-state index in [9.17, 15) is 4.79 Å². The molecule has 0 aliphatic heterocycles. The summed E-state index contributed by atoms with van der Waals surface area (Å²) in [7, 11) is 0. The molecule has 0 atom stereocenters. The number of anilines is 1. The number of hydrazine groups is 1. The Labute approximate surface area is 120 Å². The molecular formula is C12H14ClN5O2. The number of oxazole rings is 1. The zero-order valence-corrected chi connectivity index (χ0v) is 11.6. The van der Waals surface area contributed by atoms with Crippen LogP contribution in [0.2, 0.25) is 5.02 Å². The van der Waals surface area contributed by atoms with Crippen molar-refractivity contribution >= 4 is 23.3 Å². The van der Waals surface area contributed by atoms with Crippen LogP contribution in [0.3, 0.4) is 0 Å². The summed E-state index contributed by atoms with van der Waals surface area (Å²) in [6.45, 7) is 2.12. The van der Waals surface area contributed by atoms with Crippen LogP contribution in [0.15, 0.2) is 22.7 Å². The number of nitrogens with one attached hydrogen (secondary N) is 2. The lowest BCUT2D eigenvalue weighted by Crippen LogP contribution is -2.25. The van der Waals surface area contributed by atoms with Gasteiger partial charge < -0.3 is 15.2 Å². The first-order chi connectivity index (χ1) is 9.63. The standard InChI is InChI=1S/C12H14ClN5O2/c1-2-7-5-15-10(20-7)6-16-12(19)11-8(13)3-4-9(17-11)18-14/h3-5H,2,6,14H2,1H3,(H,16,19)(H,17,18). The van der Waals surface area contributed by atoms with E-state index in [1.807, 2.05) is 6.92 Å². The highest BCUT2D eigenvalue weighted by molar-refractivity contribution is 6.33. The smallest absolute Gasteiger partial charge is 0.271 e. The third-order valence-electron chi connectivity index (χ3n) is 2.56. The summed E-state index contributed by atoms with van der Waals surface area (Å²) in [5, 5.41) is 2.87. The third kappa shape index (κ3) is 3.25. The number of halogens is 1. The van der Waals surface area contributed by atoms with Crippen molar-refractivity contribution in [2.45, 2.75) is 19.9 Å². The number of hydrogen-bond donors (Lipinski definition) is 3. The summed E-state index contributed by atoms with van der Waals surface area (Å²) in [5.74, 6) is 6.36. The minimum atomic E-state index is -0.427. The van der Waals surface area contributed by atoms with Crippen molar-refractivity contribution in [3.63, 3.8) is 0 Å². The molecule has 0 bridgehead atoms. The molecule has 4 N–H and O–H groups in total. The number of nitrogen functional groups attached to an aromatic ring is 1. The molecule has 0 aliphatic carbocycles. The molecule has 0 unspecified atom stereocenters. The van der Waals surface area contributed by atoms with E-state index in [2.05, 4.69) is 20.7 Å². The molecule has 20 heavy (non-hydrogen) atoms. The average molecular weight is 296 g/mol. The number of aromatic nitrogens is 2. The molecule has 2 heterocycles. The van der Waals surface area contributed by atoms with Gasteiger partial charge in [-0.15, -0.1) is 0 Å². The van der Waals surface area contributed by atoms with Crippen LogP contribution in [-0.4, -0.2) is 15.9 Å². The molecule has 1 amide bonds. The normalized spacial score (nSPS) is 10.3. The molecule has 0 spiro atoms. The van der Waals surface area contributed by atoms with Gasteiger partial charge >= 0.3 is 0 Å². The predicted octanol–water partition coefficient (Wildman–Crippen LogP) is 1.50. The summed E-state index contributed by atoms with van der Waals surface area (Å²) in [6, 6.07) is 3.11. The van der Waals surface area contributed by atoms with Gasteiger partial charge in [-0.2, -0.15) is 0 Å². The van der Waals surface area contributed by atoms with Crippen molar-refractivity contribution in [1.82, 2.24) is 15.3 Å². The lowest BCUT2D eigenvalue weighted by Gasteiger charge is -2.06. The average Bonchev–Trinajstić information content (AvgIpc) is 2.93. The Balaban J connectivity index is 2.04. The second kappa shape index (κ2) is 6.36. The van der Waals surface area contributed by atoms with Crippen molar-refractivity contribution in [3.05, 3.63) is 40.7 Å². The maximum atomic E-state index is 12.0. The topological polar surface area (TPSA) is 106 Å². The van der Waals surface area contributed by atoms with E-state index in [1.54, 1.807) is 18.3 Å². The van der Waals surface area contributed by atoms with Crippen LogP contribution in [0.25, 0.3) is 0 Å². The first-order valence-corrected chi connectivity index (χ1v) is 6.36. The van der Waals surface area contributed by atoms with Crippen LogP contribution >= 0.6 is 11.6 Å². The van der Waals surface area contributed by atoms with Gasteiger partial charge in [0.2, 0.25) is 5.89 Å². The highest BCUT2D eigenvalue weighted by Gasteiger charge is 2.14. The Bertz CT molecular complexity index is 614. The fourth-order valence-corrected chi connectivity index (χ4v) is 1.71. The quantitative estimate of drug-likeness (QED) is 0.570. The van der Waals surface area contributed by atoms with Gasteiger partial charge in [-0.3, -0.25) is 4.79 Å². The van der Waals surface area contributed by atoms with Crippen LogP contribution in [-0.2, 0) is 13.0 Å². The second-order valence-electron chi connectivity index (χ2n) is 3.93.